The molecule has 0 unspecified atom stereocenters. The summed E-state index contributed by atoms with van der Waals surface area (Å²) >= 11 is 0. The van der Waals surface area contributed by atoms with E-state index in [0.717, 1.165) is 16.3 Å². The molecule has 5 heteroatoms. The van der Waals surface area contributed by atoms with Crippen molar-refractivity contribution in [2.45, 2.75) is 11.4 Å². The van der Waals surface area contributed by atoms with Crippen molar-refractivity contribution >= 4 is 20.9 Å². The molecule has 0 aliphatic heterocycles. The lowest BCUT2D eigenvalue weighted by atomic mass is 10.1. The van der Waals surface area contributed by atoms with Crippen molar-refractivity contribution in [2.75, 3.05) is 7.11 Å². The topological polar surface area (TPSA) is 38.7 Å². The molecule has 1 atom stereocenters. The van der Waals surface area contributed by atoms with E-state index in [9.17, 15) is 8.09 Å². The van der Waals surface area contributed by atoms with Crippen molar-refractivity contribution in [3.8, 4) is 5.75 Å². The number of nitrogens with zero attached hydrogens (tertiary/aromatic N) is 1. The SMILES string of the molecule is COc1ccc(CN=[S@](=O)(F)c2ccc3ccccc3c2)cc1. The molecule has 3 aromatic carbocycles. The Balaban J connectivity index is 1.90. The zero-order valence-electron chi connectivity index (χ0n) is 12.6. The van der Waals surface area contributed by atoms with Gasteiger partial charge >= 0.3 is 0 Å². The van der Waals surface area contributed by atoms with E-state index in [1.807, 2.05) is 24.3 Å². The Morgan fingerprint density at radius 3 is 2.39 bits per heavy atom. The van der Waals surface area contributed by atoms with Crippen LogP contribution in [0.4, 0.5) is 3.89 Å². The maximum absolute atomic E-state index is 14.5. The average Bonchev–Trinajstić information content (AvgIpc) is 2.60. The fraction of sp³-hybridized carbons (Fsp3) is 0.111. The molecule has 0 spiro atoms. The summed E-state index contributed by atoms with van der Waals surface area (Å²) in [6, 6.07) is 19.5. The second kappa shape index (κ2) is 6.38. The lowest BCUT2D eigenvalue weighted by molar-refractivity contribution is 0.414. The Hall–Kier alpha value is -2.40. The highest BCUT2D eigenvalue weighted by atomic mass is 32.3. The number of benzene rings is 3. The van der Waals surface area contributed by atoms with Crippen molar-refractivity contribution in [2.24, 2.45) is 4.36 Å². The van der Waals surface area contributed by atoms with E-state index in [2.05, 4.69) is 4.36 Å². The van der Waals surface area contributed by atoms with E-state index in [0.29, 0.717) is 5.75 Å². The summed E-state index contributed by atoms with van der Waals surface area (Å²) in [7, 11) is -2.35. The van der Waals surface area contributed by atoms with Crippen LogP contribution in [0.1, 0.15) is 5.56 Å². The molecule has 3 rings (SSSR count). The number of fused-ring (bicyclic) bond motifs is 1. The Morgan fingerprint density at radius 2 is 1.70 bits per heavy atom. The van der Waals surface area contributed by atoms with Crippen LogP contribution in [0, 0.1) is 0 Å². The van der Waals surface area contributed by atoms with Crippen LogP contribution in [-0.4, -0.2) is 11.3 Å². The molecule has 0 heterocycles. The lowest BCUT2D eigenvalue weighted by Gasteiger charge is -2.04. The van der Waals surface area contributed by atoms with Crippen LogP contribution in [-0.2, 0) is 16.7 Å². The molecule has 0 aliphatic rings. The zero-order chi connectivity index (χ0) is 16.3. The van der Waals surface area contributed by atoms with Gasteiger partial charge in [-0.1, -0.05) is 42.5 Å². The first kappa shape index (κ1) is 15.5. The summed E-state index contributed by atoms with van der Waals surface area (Å²) in [6.45, 7) is 0.0478. The van der Waals surface area contributed by atoms with Gasteiger partial charge in [-0.3, -0.25) is 0 Å². The van der Waals surface area contributed by atoms with E-state index >= 15 is 0 Å². The normalized spacial score (nSPS) is 13.5. The van der Waals surface area contributed by atoms with Gasteiger partial charge in [0.1, 0.15) is 5.75 Å². The predicted octanol–water partition coefficient (Wildman–Crippen LogP) is 4.76. The summed E-state index contributed by atoms with van der Waals surface area (Å²) in [6.07, 6.45) is 0. The van der Waals surface area contributed by atoms with Crippen LogP contribution in [0.25, 0.3) is 10.8 Å². The Morgan fingerprint density at radius 1 is 1.00 bits per heavy atom. The molecule has 0 saturated carbocycles. The molecule has 23 heavy (non-hydrogen) atoms. The maximum Gasteiger partial charge on any atom is 0.231 e. The minimum atomic E-state index is -3.92. The van der Waals surface area contributed by atoms with E-state index in [-0.39, 0.29) is 11.4 Å². The molecule has 3 nitrogen and oxygen atoms in total. The molecule has 0 amide bonds. The second-order valence-electron chi connectivity index (χ2n) is 5.10. The third-order valence-electron chi connectivity index (χ3n) is 3.58. The van der Waals surface area contributed by atoms with Gasteiger partial charge in [-0.15, -0.1) is 3.89 Å². The number of rotatable bonds is 4. The Labute approximate surface area is 135 Å². The van der Waals surface area contributed by atoms with E-state index in [1.165, 1.54) is 6.07 Å². The highest BCUT2D eigenvalue weighted by Gasteiger charge is 2.11. The lowest BCUT2D eigenvalue weighted by Crippen LogP contribution is -1.94. The number of hydrogen-bond donors (Lipinski definition) is 0. The van der Waals surface area contributed by atoms with Crippen molar-refractivity contribution in [3.63, 3.8) is 0 Å². The molecule has 0 saturated heterocycles. The molecule has 0 aromatic heterocycles. The van der Waals surface area contributed by atoms with Crippen molar-refractivity contribution in [1.82, 2.24) is 0 Å². The van der Waals surface area contributed by atoms with Crippen LogP contribution in [0.2, 0.25) is 0 Å². The van der Waals surface area contributed by atoms with Crippen LogP contribution in [0.3, 0.4) is 0 Å². The summed E-state index contributed by atoms with van der Waals surface area (Å²) in [5.41, 5.74) is 0.775. The largest absolute Gasteiger partial charge is 0.497 e. The Bertz CT molecular complexity index is 945. The van der Waals surface area contributed by atoms with Gasteiger partial charge in [-0.25, -0.2) is 8.57 Å². The maximum atomic E-state index is 14.5. The minimum absolute atomic E-state index is 0.0478. The van der Waals surface area contributed by atoms with E-state index < -0.39 is 10.1 Å². The fourth-order valence-corrected chi connectivity index (χ4v) is 3.26. The van der Waals surface area contributed by atoms with Gasteiger partial charge in [0.05, 0.1) is 18.6 Å². The zero-order valence-corrected chi connectivity index (χ0v) is 13.4. The van der Waals surface area contributed by atoms with Crippen molar-refractivity contribution < 1.29 is 12.8 Å². The first-order valence-corrected chi connectivity index (χ1v) is 8.54. The first-order chi connectivity index (χ1) is 11.1. The standard InChI is InChI=1S/C18H16FNO2S/c1-22-17-9-6-14(7-10-17)13-20-23(19,21)18-11-8-15-4-2-3-5-16(15)12-18/h2-12H,13H2,1H3/t23-/m1/s1. The fourth-order valence-electron chi connectivity index (χ4n) is 2.29. The number of halogens is 1. The monoisotopic (exact) mass is 329 g/mol. The Kier molecular flexibility index (Phi) is 4.30. The van der Waals surface area contributed by atoms with Gasteiger partial charge in [0.25, 0.3) is 0 Å². The highest BCUT2D eigenvalue weighted by Crippen LogP contribution is 2.23. The van der Waals surface area contributed by atoms with Gasteiger partial charge in [0.2, 0.25) is 10.1 Å². The summed E-state index contributed by atoms with van der Waals surface area (Å²) < 4.78 is 35.6. The smallest absolute Gasteiger partial charge is 0.231 e. The van der Waals surface area contributed by atoms with Gasteiger partial charge in [0, 0.05) is 0 Å². The van der Waals surface area contributed by atoms with Gasteiger partial charge in [-0.05, 0) is 40.6 Å². The number of ether oxygens (including phenoxy) is 1. The van der Waals surface area contributed by atoms with Crippen LogP contribution in [0.15, 0.2) is 76.0 Å². The molecule has 0 fully saturated rings. The van der Waals surface area contributed by atoms with E-state index in [4.69, 9.17) is 4.74 Å². The van der Waals surface area contributed by atoms with Crippen LogP contribution in [0.5, 0.6) is 5.75 Å². The van der Waals surface area contributed by atoms with Crippen LogP contribution >= 0.6 is 0 Å². The van der Waals surface area contributed by atoms with Gasteiger partial charge < -0.3 is 4.74 Å². The highest BCUT2D eigenvalue weighted by molar-refractivity contribution is 7.88. The van der Waals surface area contributed by atoms with E-state index in [1.54, 1.807) is 43.5 Å². The number of hydrogen-bond acceptors (Lipinski definition) is 3. The second-order valence-corrected chi connectivity index (χ2v) is 6.75. The van der Waals surface area contributed by atoms with Crippen molar-refractivity contribution in [1.29, 1.82) is 0 Å². The number of methoxy groups -OCH3 is 1. The molecule has 0 N–H and O–H groups in total. The predicted molar refractivity (Wildman–Crippen MR) is 90.6 cm³/mol. The summed E-state index contributed by atoms with van der Waals surface area (Å²) in [4.78, 5) is 0.102. The summed E-state index contributed by atoms with van der Waals surface area (Å²) in [5.74, 6) is 0.712. The van der Waals surface area contributed by atoms with Crippen LogP contribution < -0.4 is 4.74 Å². The summed E-state index contributed by atoms with van der Waals surface area (Å²) in [5, 5.41) is 1.82. The molecule has 0 bridgehead atoms. The minimum Gasteiger partial charge on any atom is -0.497 e. The van der Waals surface area contributed by atoms with Gasteiger partial charge in [0.15, 0.2) is 0 Å². The first-order valence-electron chi connectivity index (χ1n) is 7.13. The average molecular weight is 329 g/mol. The quantitative estimate of drug-likeness (QED) is 0.647. The molecular formula is C18H16FNO2S. The molecule has 3 aromatic rings. The van der Waals surface area contributed by atoms with Crippen molar-refractivity contribution in [3.05, 3.63) is 72.3 Å². The molecule has 118 valence electrons. The molecular weight excluding hydrogens is 313 g/mol. The van der Waals surface area contributed by atoms with Gasteiger partial charge in [-0.2, -0.15) is 0 Å². The molecule has 0 aliphatic carbocycles. The molecule has 0 radical (unpaired) electrons. The third kappa shape index (κ3) is 3.51. The third-order valence-corrected chi connectivity index (χ3v) is 4.88.